The number of hydrogen-bond donors (Lipinski definition) is 4. The van der Waals surface area contributed by atoms with Crippen LogP contribution in [0.4, 0.5) is 9.59 Å². The van der Waals surface area contributed by atoms with Gasteiger partial charge in [-0.1, -0.05) is 47.6 Å². The number of pyridine rings is 1. The number of benzene rings is 1. The summed E-state index contributed by atoms with van der Waals surface area (Å²) in [4.78, 5) is 76.7. The average Bonchev–Trinajstić information content (AvgIpc) is 4.03. The van der Waals surface area contributed by atoms with Gasteiger partial charge in [-0.25, -0.2) is 24.5 Å². The largest absolute Gasteiger partial charge is 0.453 e. The monoisotopic (exact) mass is 780 g/mol. The lowest BCUT2D eigenvalue weighted by Gasteiger charge is -2.30. The number of ether oxygens (including phenoxy) is 2. The number of likely N-dealkylation sites (tertiary alicyclic amines) is 2. The van der Waals surface area contributed by atoms with Gasteiger partial charge < -0.3 is 44.3 Å². The van der Waals surface area contributed by atoms with E-state index < -0.39 is 24.3 Å². The number of amides is 4. The Bertz CT molecular complexity index is 2290. The van der Waals surface area contributed by atoms with E-state index in [4.69, 9.17) is 24.4 Å². The Morgan fingerprint density at radius 1 is 0.754 bits per heavy atom. The van der Waals surface area contributed by atoms with Crippen LogP contribution in [0.25, 0.3) is 39.2 Å². The third-order valence-corrected chi connectivity index (χ3v) is 11.2. The lowest BCUT2D eigenvalue weighted by Crippen LogP contribution is -2.51. The molecule has 2 fully saturated rings. The number of imidazole rings is 3. The predicted molar refractivity (Wildman–Crippen MR) is 213 cm³/mol. The maximum atomic E-state index is 13.8. The van der Waals surface area contributed by atoms with Gasteiger partial charge >= 0.3 is 12.2 Å². The smallest absolute Gasteiger partial charge is 0.407 e. The van der Waals surface area contributed by atoms with Gasteiger partial charge in [-0.05, 0) is 71.9 Å². The first kappa shape index (κ1) is 39.3. The van der Waals surface area contributed by atoms with Gasteiger partial charge in [-0.3, -0.25) is 9.59 Å². The molecule has 0 saturated carbocycles. The van der Waals surface area contributed by atoms with Crippen LogP contribution >= 0.6 is 0 Å². The predicted octanol–water partition coefficient (Wildman–Crippen LogP) is 5.85. The summed E-state index contributed by atoms with van der Waals surface area (Å²) in [5.41, 5.74) is 5.81. The van der Waals surface area contributed by atoms with E-state index in [1.165, 1.54) is 14.2 Å². The van der Waals surface area contributed by atoms with Crippen molar-refractivity contribution in [2.45, 2.75) is 78.6 Å². The molecule has 0 aliphatic carbocycles. The van der Waals surface area contributed by atoms with E-state index in [0.29, 0.717) is 30.4 Å². The number of alkyl carbamates (subject to hydrolysis) is 2. The molecule has 0 radical (unpaired) electrons. The first-order chi connectivity index (χ1) is 27.2. The number of rotatable bonds is 10. The minimum Gasteiger partial charge on any atom is -0.453 e. The molecule has 4 N–H and O–H groups in total. The Morgan fingerprint density at radius 2 is 1.33 bits per heavy atom. The first-order valence-electron chi connectivity index (χ1n) is 19.6. The molecule has 0 spiro atoms. The molecule has 5 aromatic rings. The molecule has 2 aliphatic rings. The molecular weight excluding hydrogens is 729 g/mol. The number of carbonyl (C=O) groups is 4. The Kier molecular flexibility index (Phi) is 11.0. The number of fused-ring (bicyclic) bond motifs is 2. The Labute approximate surface area is 331 Å². The van der Waals surface area contributed by atoms with Gasteiger partial charge in [-0.2, -0.15) is 0 Å². The number of nitrogens with zero attached hydrogens (tertiary/aromatic N) is 6. The van der Waals surface area contributed by atoms with Gasteiger partial charge in [0.15, 0.2) is 0 Å². The van der Waals surface area contributed by atoms with Crippen molar-refractivity contribution in [1.82, 2.24) is 49.8 Å². The average molecular weight is 781 g/mol. The van der Waals surface area contributed by atoms with Crippen molar-refractivity contribution in [3.8, 4) is 22.5 Å². The van der Waals surface area contributed by atoms with E-state index in [1.54, 1.807) is 11.1 Å². The summed E-state index contributed by atoms with van der Waals surface area (Å²) in [7, 11) is 2.57. The molecule has 57 heavy (non-hydrogen) atoms. The summed E-state index contributed by atoms with van der Waals surface area (Å²) in [6.45, 7) is 12.9. The number of aromatic nitrogens is 6. The number of H-pyrrole nitrogens is 2. The van der Waals surface area contributed by atoms with Gasteiger partial charge in [0.1, 0.15) is 35.1 Å². The van der Waals surface area contributed by atoms with Crippen molar-refractivity contribution >= 4 is 40.7 Å². The summed E-state index contributed by atoms with van der Waals surface area (Å²) in [5, 5.41) is 5.42. The minimum atomic E-state index is -0.721. The maximum Gasteiger partial charge on any atom is 0.407 e. The zero-order valence-electron chi connectivity index (χ0n) is 33.7. The fourth-order valence-electron chi connectivity index (χ4n) is 8.15. The van der Waals surface area contributed by atoms with Crippen LogP contribution < -0.4 is 10.6 Å². The summed E-state index contributed by atoms with van der Waals surface area (Å²) in [5.74, 6) is 1.33. The van der Waals surface area contributed by atoms with Crippen molar-refractivity contribution in [3.63, 3.8) is 0 Å². The summed E-state index contributed by atoms with van der Waals surface area (Å²) in [6.07, 6.45) is 5.94. The van der Waals surface area contributed by atoms with Gasteiger partial charge in [0.2, 0.25) is 11.8 Å². The van der Waals surface area contributed by atoms with Crippen molar-refractivity contribution in [3.05, 3.63) is 60.6 Å². The minimum absolute atomic E-state index is 0.127. The van der Waals surface area contributed by atoms with E-state index in [2.05, 4.69) is 40.5 Å². The molecule has 1 unspecified atom stereocenters. The second-order valence-corrected chi connectivity index (χ2v) is 16.3. The van der Waals surface area contributed by atoms with Crippen LogP contribution in [-0.4, -0.2) is 103 Å². The van der Waals surface area contributed by atoms with Crippen molar-refractivity contribution in [1.29, 1.82) is 0 Å². The normalized spacial score (nSPS) is 20.7. The van der Waals surface area contributed by atoms with Gasteiger partial charge in [0.05, 0.1) is 49.2 Å². The molecule has 2 aliphatic heterocycles. The molecule has 16 nitrogen and oxygen atoms in total. The molecule has 302 valence electrons. The Morgan fingerprint density at radius 3 is 1.91 bits per heavy atom. The Balaban J connectivity index is 1.10. The van der Waals surface area contributed by atoms with Crippen LogP contribution in [-0.2, 0) is 19.1 Å². The van der Waals surface area contributed by atoms with Gasteiger partial charge in [0.25, 0.3) is 0 Å². The van der Waals surface area contributed by atoms with E-state index in [1.807, 2.05) is 73.7 Å². The highest BCUT2D eigenvalue weighted by molar-refractivity contribution is 5.88. The first-order valence-corrected chi connectivity index (χ1v) is 19.6. The molecular formula is C41H52N10O6. The van der Waals surface area contributed by atoms with Crippen LogP contribution in [0.3, 0.4) is 0 Å². The SMILES string of the molecule is COC(=O)N[C@H](C(=O)N1C[C@@H](C)CC1c1nc2ccc(-c3ccc4nc(-c5cnc([C@@H]6C[C@H](C)CN6C(=O)[C@@H](NC(=O)OC)C(C)C)[nH]5)cn4c3)cc2[nH]1)C(C)C. The van der Waals surface area contributed by atoms with Gasteiger partial charge in [-0.15, -0.1) is 0 Å². The van der Waals surface area contributed by atoms with Crippen molar-refractivity contribution in [2.75, 3.05) is 27.3 Å². The quantitative estimate of drug-likeness (QED) is 0.135. The van der Waals surface area contributed by atoms with Crippen LogP contribution in [0.15, 0.2) is 48.9 Å². The number of hydrogen-bond acceptors (Lipinski definition) is 9. The van der Waals surface area contributed by atoms with Gasteiger partial charge in [0, 0.05) is 25.5 Å². The molecule has 6 atom stereocenters. The van der Waals surface area contributed by atoms with Crippen LogP contribution in [0.1, 0.15) is 78.1 Å². The molecule has 0 bridgehead atoms. The van der Waals surface area contributed by atoms with E-state index in [-0.39, 0.29) is 47.6 Å². The molecule has 4 amide bonds. The Hall–Kier alpha value is -5.93. The number of nitrogens with one attached hydrogen (secondary N) is 4. The molecule has 7 rings (SSSR count). The molecule has 4 aromatic heterocycles. The van der Waals surface area contributed by atoms with E-state index >= 15 is 0 Å². The molecule has 1 aromatic carbocycles. The maximum absolute atomic E-state index is 13.8. The standard InChI is InChI=1S/C41H52N10O6/c1-21(2)34(47-40(54)56-7)38(52)50-17-23(5)13-31(50)36-42-16-29(46-36)30-20-49-19-26(10-12-33(49)43-30)25-9-11-27-28(15-25)45-37(44-27)32-14-24(6)18-51(32)39(53)35(22(3)4)48-41(55)57-8/h9-12,15-16,19-24,31-32,34-35H,13-14,17-18H2,1-8H3,(H,42,46)(H,44,45)(H,47,54)(H,48,55)/t23-,24-,31-,32?,34-,35-/m0/s1. The number of aromatic amines is 2. The van der Waals surface area contributed by atoms with Crippen LogP contribution in [0.5, 0.6) is 0 Å². The fraction of sp³-hybridized carbons (Fsp3) is 0.488. The van der Waals surface area contributed by atoms with Crippen molar-refractivity contribution in [2.24, 2.45) is 23.7 Å². The molecule has 16 heteroatoms. The van der Waals surface area contributed by atoms with E-state index in [0.717, 1.165) is 46.3 Å². The highest BCUT2D eigenvalue weighted by Crippen LogP contribution is 2.38. The summed E-state index contributed by atoms with van der Waals surface area (Å²) < 4.78 is 11.5. The highest BCUT2D eigenvalue weighted by atomic mass is 16.5. The zero-order valence-corrected chi connectivity index (χ0v) is 33.7. The fourth-order valence-corrected chi connectivity index (χ4v) is 8.15. The summed E-state index contributed by atoms with van der Waals surface area (Å²) >= 11 is 0. The number of carbonyl (C=O) groups excluding carboxylic acids is 4. The van der Waals surface area contributed by atoms with Crippen LogP contribution in [0.2, 0.25) is 0 Å². The molecule has 6 heterocycles. The zero-order chi connectivity index (χ0) is 40.7. The highest BCUT2D eigenvalue weighted by Gasteiger charge is 2.41. The lowest BCUT2D eigenvalue weighted by molar-refractivity contribution is -0.136. The topological polar surface area (TPSA) is 192 Å². The third kappa shape index (κ3) is 7.89. The third-order valence-electron chi connectivity index (χ3n) is 11.2. The van der Waals surface area contributed by atoms with E-state index in [9.17, 15) is 19.2 Å². The van der Waals surface area contributed by atoms with Crippen molar-refractivity contribution < 1.29 is 28.7 Å². The lowest BCUT2D eigenvalue weighted by atomic mass is 10.0. The van der Waals surface area contributed by atoms with Crippen LogP contribution in [0, 0.1) is 23.7 Å². The summed E-state index contributed by atoms with van der Waals surface area (Å²) in [6, 6.07) is 8.10. The second-order valence-electron chi connectivity index (χ2n) is 16.3. The number of methoxy groups -OCH3 is 2. The second kappa shape index (κ2) is 15.9. The molecule has 2 saturated heterocycles.